The van der Waals surface area contributed by atoms with Gasteiger partial charge in [-0.05, 0) is 5.56 Å². The molecule has 0 amide bonds. The van der Waals surface area contributed by atoms with Crippen molar-refractivity contribution in [3.8, 4) is 0 Å². The third-order valence-corrected chi connectivity index (χ3v) is 2.04. The Morgan fingerprint density at radius 3 is 2.42 bits per heavy atom. The molecule has 1 N–H and O–H groups in total. The van der Waals surface area contributed by atoms with E-state index in [1.807, 2.05) is 30.3 Å². The lowest BCUT2D eigenvalue weighted by Crippen LogP contribution is -2.14. The van der Waals surface area contributed by atoms with Crippen molar-refractivity contribution >= 4 is 0 Å². The summed E-state index contributed by atoms with van der Waals surface area (Å²) >= 11 is 0. The molecule has 0 aliphatic carbocycles. The molecular weight excluding hydrogens is 155 g/mol. The van der Waals surface area contributed by atoms with Gasteiger partial charge in [0.05, 0.1) is 6.61 Å². The van der Waals surface area contributed by atoms with Gasteiger partial charge in [-0.1, -0.05) is 37.3 Å². The second kappa shape index (κ2) is 4.21. The maximum atomic E-state index is 13.0. The van der Waals surface area contributed by atoms with E-state index < -0.39 is 12.8 Å². The molecular formula is C10H13FO. The highest BCUT2D eigenvalue weighted by Crippen LogP contribution is 2.20. The van der Waals surface area contributed by atoms with Gasteiger partial charge in [-0.3, -0.25) is 0 Å². The van der Waals surface area contributed by atoms with Crippen LogP contribution >= 0.6 is 0 Å². The fourth-order valence-electron chi connectivity index (χ4n) is 1.12. The van der Waals surface area contributed by atoms with Crippen LogP contribution in [0.3, 0.4) is 0 Å². The van der Waals surface area contributed by atoms with Crippen molar-refractivity contribution in [1.82, 2.24) is 0 Å². The molecule has 1 aromatic rings. The Balaban J connectivity index is 2.71. The lowest BCUT2D eigenvalue weighted by molar-refractivity contribution is 0.159. The number of aliphatic hydroxyl groups excluding tert-OH is 1. The van der Waals surface area contributed by atoms with E-state index in [0.717, 1.165) is 5.56 Å². The first-order chi connectivity index (χ1) is 5.75. The Morgan fingerprint density at radius 1 is 1.33 bits per heavy atom. The lowest BCUT2D eigenvalue weighted by atomic mass is 9.97. The average molecular weight is 168 g/mol. The molecule has 0 saturated carbocycles. The van der Waals surface area contributed by atoms with Crippen molar-refractivity contribution in [3.05, 3.63) is 35.9 Å². The van der Waals surface area contributed by atoms with Gasteiger partial charge in [-0.15, -0.1) is 0 Å². The van der Waals surface area contributed by atoms with Crippen LogP contribution < -0.4 is 0 Å². The Labute approximate surface area is 71.9 Å². The zero-order chi connectivity index (χ0) is 8.97. The van der Waals surface area contributed by atoms with Crippen LogP contribution in [-0.4, -0.2) is 17.9 Å². The third kappa shape index (κ3) is 2.05. The van der Waals surface area contributed by atoms with Crippen LogP contribution in [0.15, 0.2) is 30.3 Å². The highest BCUT2D eigenvalue weighted by Gasteiger charge is 2.16. The van der Waals surface area contributed by atoms with Gasteiger partial charge in [-0.2, -0.15) is 0 Å². The molecule has 0 unspecified atom stereocenters. The highest BCUT2D eigenvalue weighted by atomic mass is 19.1. The van der Waals surface area contributed by atoms with Gasteiger partial charge in [-0.25, -0.2) is 4.39 Å². The molecule has 12 heavy (non-hydrogen) atoms. The molecule has 0 fully saturated rings. The fraction of sp³-hybridized carbons (Fsp3) is 0.400. The third-order valence-electron chi connectivity index (χ3n) is 2.04. The molecule has 0 saturated heterocycles. The molecule has 66 valence electrons. The van der Waals surface area contributed by atoms with Gasteiger partial charge in [0, 0.05) is 5.92 Å². The van der Waals surface area contributed by atoms with Crippen LogP contribution in [0, 0.1) is 0 Å². The molecule has 0 bridgehead atoms. The maximum Gasteiger partial charge on any atom is 0.130 e. The number of hydrogen-bond donors (Lipinski definition) is 1. The fourth-order valence-corrected chi connectivity index (χ4v) is 1.12. The zero-order valence-electron chi connectivity index (χ0n) is 7.07. The standard InChI is InChI=1S/C10H13FO/c1-8(10(11)7-12)9-5-3-2-4-6-9/h2-6,8,10,12H,7H2,1H3/t8-,10+/m1/s1. The quantitative estimate of drug-likeness (QED) is 0.733. The molecule has 0 heterocycles. The molecule has 2 atom stereocenters. The van der Waals surface area contributed by atoms with Crippen molar-refractivity contribution in [1.29, 1.82) is 0 Å². The molecule has 0 aromatic heterocycles. The molecule has 0 radical (unpaired) electrons. The van der Waals surface area contributed by atoms with Gasteiger partial charge >= 0.3 is 0 Å². The summed E-state index contributed by atoms with van der Waals surface area (Å²) in [5, 5.41) is 8.59. The highest BCUT2D eigenvalue weighted by molar-refractivity contribution is 5.19. The van der Waals surface area contributed by atoms with E-state index in [1.54, 1.807) is 6.92 Å². The van der Waals surface area contributed by atoms with Gasteiger partial charge in [0.2, 0.25) is 0 Å². The summed E-state index contributed by atoms with van der Waals surface area (Å²) in [6.07, 6.45) is -1.16. The Hall–Kier alpha value is -0.890. The topological polar surface area (TPSA) is 20.2 Å². The number of aliphatic hydroxyl groups is 1. The van der Waals surface area contributed by atoms with Crippen molar-refractivity contribution in [2.45, 2.75) is 19.0 Å². The minimum atomic E-state index is -1.16. The first-order valence-electron chi connectivity index (χ1n) is 4.05. The van der Waals surface area contributed by atoms with Crippen molar-refractivity contribution in [2.75, 3.05) is 6.61 Å². The largest absolute Gasteiger partial charge is 0.393 e. The minimum absolute atomic E-state index is 0.226. The number of alkyl halides is 1. The smallest absolute Gasteiger partial charge is 0.130 e. The summed E-state index contributed by atoms with van der Waals surface area (Å²) in [4.78, 5) is 0. The predicted molar refractivity (Wildman–Crippen MR) is 46.8 cm³/mol. The molecule has 0 spiro atoms. The first kappa shape index (κ1) is 9.20. The number of halogens is 1. The minimum Gasteiger partial charge on any atom is -0.393 e. The molecule has 0 aliphatic rings. The molecule has 2 heteroatoms. The van der Waals surface area contributed by atoms with Crippen molar-refractivity contribution < 1.29 is 9.50 Å². The summed E-state index contributed by atoms with van der Waals surface area (Å²) in [5.74, 6) is -0.226. The Kier molecular flexibility index (Phi) is 3.23. The number of rotatable bonds is 3. The van der Waals surface area contributed by atoms with E-state index in [1.165, 1.54) is 0 Å². The molecule has 1 nitrogen and oxygen atoms in total. The Bertz CT molecular complexity index is 223. The monoisotopic (exact) mass is 168 g/mol. The second-order valence-electron chi connectivity index (χ2n) is 2.90. The normalized spacial score (nSPS) is 15.6. The first-order valence-corrected chi connectivity index (χ1v) is 4.05. The van der Waals surface area contributed by atoms with Gasteiger partial charge < -0.3 is 5.11 Å². The van der Waals surface area contributed by atoms with Crippen LogP contribution in [0.4, 0.5) is 4.39 Å². The van der Waals surface area contributed by atoms with Gasteiger partial charge in [0.1, 0.15) is 6.17 Å². The van der Waals surface area contributed by atoms with E-state index in [0.29, 0.717) is 0 Å². The molecule has 1 rings (SSSR count). The van der Waals surface area contributed by atoms with E-state index >= 15 is 0 Å². The molecule has 0 aliphatic heterocycles. The van der Waals surface area contributed by atoms with E-state index in [2.05, 4.69) is 0 Å². The zero-order valence-corrected chi connectivity index (χ0v) is 7.07. The van der Waals surface area contributed by atoms with Crippen molar-refractivity contribution in [3.63, 3.8) is 0 Å². The van der Waals surface area contributed by atoms with Crippen molar-refractivity contribution in [2.24, 2.45) is 0 Å². The number of benzene rings is 1. The van der Waals surface area contributed by atoms with E-state index in [4.69, 9.17) is 5.11 Å². The molecule has 1 aromatic carbocycles. The summed E-state index contributed by atoms with van der Waals surface area (Å²) in [6.45, 7) is 1.37. The average Bonchev–Trinajstić information content (AvgIpc) is 2.17. The second-order valence-corrected chi connectivity index (χ2v) is 2.90. The van der Waals surface area contributed by atoms with Crippen LogP contribution in [0.5, 0.6) is 0 Å². The lowest BCUT2D eigenvalue weighted by Gasteiger charge is -2.14. The summed E-state index contributed by atoms with van der Waals surface area (Å²) in [6, 6.07) is 9.37. The number of hydrogen-bond acceptors (Lipinski definition) is 1. The summed E-state index contributed by atoms with van der Waals surface area (Å²) in [7, 11) is 0. The van der Waals surface area contributed by atoms with Crippen LogP contribution in [0.2, 0.25) is 0 Å². The van der Waals surface area contributed by atoms with Gasteiger partial charge in [0.15, 0.2) is 0 Å². The van der Waals surface area contributed by atoms with E-state index in [9.17, 15) is 4.39 Å². The maximum absolute atomic E-state index is 13.0. The van der Waals surface area contributed by atoms with E-state index in [-0.39, 0.29) is 5.92 Å². The SMILES string of the molecule is C[C@H](c1ccccc1)[C@@H](F)CO. The van der Waals surface area contributed by atoms with Crippen LogP contribution in [0.25, 0.3) is 0 Å². The Morgan fingerprint density at radius 2 is 1.92 bits per heavy atom. The summed E-state index contributed by atoms with van der Waals surface area (Å²) in [5.41, 5.74) is 0.930. The van der Waals surface area contributed by atoms with Crippen LogP contribution in [0.1, 0.15) is 18.4 Å². The predicted octanol–water partition coefficient (Wildman–Crippen LogP) is 2.12. The summed E-state index contributed by atoms with van der Waals surface area (Å²) < 4.78 is 13.0. The van der Waals surface area contributed by atoms with Gasteiger partial charge in [0.25, 0.3) is 0 Å². The van der Waals surface area contributed by atoms with Crippen LogP contribution in [-0.2, 0) is 0 Å².